The number of rotatable bonds is 11. The highest BCUT2D eigenvalue weighted by Gasteiger charge is 2.01. The molecule has 0 radical (unpaired) electrons. The third-order valence-electron chi connectivity index (χ3n) is 3.95. The molecular weight excluding hydrogens is 244 g/mol. The topological polar surface area (TPSA) is 24.1 Å². The first-order valence-corrected chi connectivity index (χ1v) is 8.30. The molecule has 1 aromatic carbocycles. The van der Waals surface area contributed by atoms with Gasteiger partial charge in [0.05, 0.1) is 0 Å². The van der Waals surface area contributed by atoms with Crippen molar-refractivity contribution in [1.82, 2.24) is 0 Å². The molecule has 0 atom stereocenters. The van der Waals surface area contributed by atoms with Crippen LogP contribution in [0, 0.1) is 6.92 Å². The summed E-state index contributed by atoms with van der Waals surface area (Å²) in [5.74, 6) is 0. The fourth-order valence-electron chi connectivity index (χ4n) is 2.58. The van der Waals surface area contributed by atoms with E-state index in [0.717, 1.165) is 6.54 Å². The summed E-state index contributed by atoms with van der Waals surface area (Å²) in [7, 11) is 1.98. The van der Waals surface area contributed by atoms with Crippen molar-refractivity contribution in [3.05, 3.63) is 23.8 Å². The van der Waals surface area contributed by atoms with Crippen LogP contribution in [-0.2, 0) is 0 Å². The van der Waals surface area contributed by atoms with Gasteiger partial charge >= 0.3 is 0 Å². The Morgan fingerprint density at radius 3 is 2.10 bits per heavy atom. The first-order valence-electron chi connectivity index (χ1n) is 8.30. The van der Waals surface area contributed by atoms with Gasteiger partial charge in [-0.25, -0.2) is 0 Å². The lowest BCUT2D eigenvalue weighted by molar-refractivity contribution is 0.581. The first kappa shape index (κ1) is 16.9. The number of unbranched alkanes of at least 4 members (excludes halogenated alkanes) is 7. The minimum Gasteiger partial charge on any atom is -0.388 e. The number of nitrogens with one attached hydrogen (secondary N) is 2. The van der Waals surface area contributed by atoms with Gasteiger partial charge in [0, 0.05) is 25.0 Å². The average Bonchev–Trinajstić information content (AvgIpc) is 2.47. The van der Waals surface area contributed by atoms with Gasteiger partial charge in [0.1, 0.15) is 0 Å². The van der Waals surface area contributed by atoms with Crippen LogP contribution in [0.5, 0.6) is 0 Å². The zero-order chi connectivity index (χ0) is 14.6. The molecule has 1 aromatic rings. The average molecular weight is 276 g/mol. The summed E-state index contributed by atoms with van der Waals surface area (Å²) in [5, 5.41) is 6.79. The van der Waals surface area contributed by atoms with Crippen molar-refractivity contribution in [2.45, 2.75) is 65.2 Å². The van der Waals surface area contributed by atoms with Gasteiger partial charge in [-0.05, 0) is 31.0 Å². The molecule has 0 fully saturated rings. The van der Waals surface area contributed by atoms with Crippen molar-refractivity contribution >= 4 is 11.4 Å². The van der Waals surface area contributed by atoms with E-state index < -0.39 is 0 Å². The maximum atomic E-state index is 3.56. The second kappa shape index (κ2) is 10.6. The maximum Gasteiger partial charge on any atom is 0.0390 e. The lowest BCUT2D eigenvalue weighted by Gasteiger charge is -2.13. The van der Waals surface area contributed by atoms with Crippen molar-refractivity contribution in [2.24, 2.45) is 0 Å². The van der Waals surface area contributed by atoms with Gasteiger partial charge in [-0.15, -0.1) is 0 Å². The minimum absolute atomic E-state index is 1.09. The van der Waals surface area contributed by atoms with E-state index in [1.54, 1.807) is 0 Å². The molecule has 20 heavy (non-hydrogen) atoms. The van der Waals surface area contributed by atoms with E-state index >= 15 is 0 Å². The molecule has 2 heteroatoms. The van der Waals surface area contributed by atoms with Gasteiger partial charge in [-0.1, -0.05) is 57.9 Å². The van der Waals surface area contributed by atoms with E-state index in [1.165, 1.54) is 68.3 Å². The highest BCUT2D eigenvalue weighted by molar-refractivity contribution is 5.64. The maximum absolute atomic E-state index is 3.56. The van der Waals surface area contributed by atoms with Gasteiger partial charge < -0.3 is 10.6 Å². The molecule has 0 amide bonds. The van der Waals surface area contributed by atoms with Crippen LogP contribution >= 0.6 is 0 Å². The third kappa shape index (κ3) is 6.31. The molecular formula is C18H32N2. The summed E-state index contributed by atoms with van der Waals surface area (Å²) in [6.07, 6.45) is 11.0. The van der Waals surface area contributed by atoms with Crippen molar-refractivity contribution < 1.29 is 0 Å². The van der Waals surface area contributed by atoms with Crippen molar-refractivity contribution in [3.63, 3.8) is 0 Å². The molecule has 0 bridgehead atoms. The van der Waals surface area contributed by atoms with E-state index in [0.29, 0.717) is 0 Å². The third-order valence-corrected chi connectivity index (χ3v) is 3.95. The quantitative estimate of drug-likeness (QED) is 0.515. The number of anilines is 2. The van der Waals surface area contributed by atoms with Crippen molar-refractivity contribution in [3.8, 4) is 0 Å². The fourth-order valence-corrected chi connectivity index (χ4v) is 2.58. The number of benzene rings is 1. The second-order valence-corrected chi connectivity index (χ2v) is 5.63. The van der Waals surface area contributed by atoms with Crippen molar-refractivity contribution in [2.75, 3.05) is 24.2 Å². The summed E-state index contributed by atoms with van der Waals surface area (Å²) in [4.78, 5) is 0. The van der Waals surface area contributed by atoms with E-state index in [1.807, 2.05) is 7.05 Å². The van der Waals surface area contributed by atoms with Crippen LogP contribution in [0.15, 0.2) is 18.2 Å². The van der Waals surface area contributed by atoms with Crippen LogP contribution in [-0.4, -0.2) is 13.6 Å². The Kier molecular flexibility index (Phi) is 8.93. The van der Waals surface area contributed by atoms with Crippen LogP contribution < -0.4 is 10.6 Å². The minimum atomic E-state index is 1.09. The Morgan fingerprint density at radius 2 is 1.45 bits per heavy atom. The largest absolute Gasteiger partial charge is 0.388 e. The van der Waals surface area contributed by atoms with E-state index in [4.69, 9.17) is 0 Å². The van der Waals surface area contributed by atoms with Gasteiger partial charge in [0.15, 0.2) is 0 Å². The zero-order valence-corrected chi connectivity index (χ0v) is 13.6. The van der Waals surface area contributed by atoms with Crippen LogP contribution in [0.25, 0.3) is 0 Å². The number of hydrogen-bond acceptors (Lipinski definition) is 2. The summed E-state index contributed by atoms with van der Waals surface area (Å²) in [5.41, 5.74) is 3.79. The molecule has 0 saturated heterocycles. The summed E-state index contributed by atoms with van der Waals surface area (Å²) in [6.45, 7) is 5.53. The fraction of sp³-hybridized carbons (Fsp3) is 0.667. The van der Waals surface area contributed by atoms with Gasteiger partial charge in [0.25, 0.3) is 0 Å². The van der Waals surface area contributed by atoms with Gasteiger partial charge in [-0.3, -0.25) is 0 Å². The second-order valence-electron chi connectivity index (χ2n) is 5.63. The predicted molar refractivity (Wildman–Crippen MR) is 91.8 cm³/mol. The Balaban J connectivity index is 2.09. The monoisotopic (exact) mass is 276 g/mol. The molecule has 2 N–H and O–H groups in total. The van der Waals surface area contributed by atoms with Crippen LogP contribution in [0.4, 0.5) is 11.4 Å². The van der Waals surface area contributed by atoms with Crippen LogP contribution in [0.3, 0.4) is 0 Å². The molecule has 0 aliphatic heterocycles. The Morgan fingerprint density at radius 1 is 0.850 bits per heavy atom. The molecule has 0 heterocycles. The smallest absolute Gasteiger partial charge is 0.0390 e. The molecule has 0 spiro atoms. The molecule has 114 valence electrons. The lowest BCUT2D eigenvalue weighted by Crippen LogP contribution is -2.04. The Bertz CT molecular complexity index is 360. The Hall–Kier alpha value is -1.18. The van der Waals surface area contributed by atoms with Gasteiger partial charge in [0.2, 0.25) is 0 Å². The van der Waals surface area contributed by atoms with Gasteiger partial charge in [-0.2, -0.15) is 0 Å². The highest BCUT2D eigenvalue weighted by atomic mass is 14.9. The highest BCUT2D eigenvalue weighted by Crippen LogP contribution is 2.22. The summed E-state index contributed by atoms with van der Waals surface area (Å²) < 4.78 is 0. The van der Waals surface area contributed by atoms with Crippen LogP contribution in [0.2, 0.25) is 0 Å². The molecule has 0 aliphatic carbocycles. The standard InChI is InChI=1S/C18H32N2/c1-4-5-6-7-8-9-10-11-15-20-18-14-12-13-17(19-3)16(18)2/h12-14,19-20H,4-11,15H2,1-3H3. The van der Waals surface area contributed by atoms with E-state index in [-0.39, 0.29) is 0 Å². The van der Waals surface area contributed by atoms with E-state index in [2.05, 4.69) is 42.7 Å². The SMILES string of the molecule is CCCCCCCCCCNc1cccc(NC)c1C. The molecule has 2 nitrogen and oxygen atoms in total. The molecule has 0 saturated carbocycles. The summed E-state index contributed by atoms with van der Waals surface area (Å²) in [6, 6.07) is 6.40. The van der Waals surface area contributed by atoms with Crippen molar-refractivity contribution in [1.29, 1.82) is 0 Å². The molecule has 0 aliphatic rings. The lowest BCUT2D eigenvalue weighted by atomic mass is 10.1. The first-order chi connectivity index (χ1) is 9.79. The molecule has 0 unspecified atom stereocenters. The molecule has 1 rings (SSSR count). The van der Waals surface area contributed by atoms with E-state index in [9.17, 15) is 0 Å². The number of hydrogen-bond donors (Lipinski definition) is 2. The zero-order valence-electron chi connectivity index (χ0n) is 13.6. The predicted octanol–water partition coefficient (Wildman–Crippen LogP) is 5.59. The Labute approximate surface area is 125 Å². The normalized spacial score (nSPS) is 10.6. The van der Waals surface area contributed by atoms with Crippen LogP contribution in [0.1, 0.15) is 63.9 Å². The molecule has 0 aromatic heterocycles. The summed E-state index contributed by atoms with van der Waals surface area (Å²) >= 11 is 0.